The Kier molecular flexibility index (Phi) is 27.8. The molecule has 0 amide bonds. The van der Waals surface area contributed by atoms with Crippen molar-refractivity contribution in [3.8, 4) is 0 Å². The quantitative estimate of drug-likeness (QED) is 0.465. The molecule has 0 bridgehead atoms. The number of hydrogen-bond donors (Lipinski definition) is 0. The Morgan fingerprint density at radius 2 is 0.941 bits per heavy atom. The monoisotopic (exact) mass is 246 g/mol. The van der Waals surface area contributed by atoms with Gasteiger partial charge in [0.25, 0.3) is 0 Å². The summed E-state index contributed by atoms with van der Waals surface area (Å²) in [5, 5.41) is 0. The van der Waals surface area contributed by atoms with E-state index >= 15 is 0 Å². The van der Waals surface area contributed by atoms with Gasteiger partial charge in [-0.05, 0) is 30.6 Å². The summed E-state index contributed by atoms with van der Waals surface area (Å²) in [5.74, 6) is 2.66. The smallest absolute Gasteiger partial charge is 0.0438 e. The number of rotatable bonds is 6. The molecule has 110 valence electrons. The average Bonchev–Trinajstić information content (AvgIpc) is 2.03. The largest absolute Gasteiger partial charge is 0.0776 e. The van der Waals surface area contributed by atoms with Gasteiger partial charge in [-0.1, -0.05) is 82.6 Å². The van der Waals surface area contributed by atoms with E-state index in [4.69, 9.17) is 0 Å². The van der Waals surface area contributed by atoms with E-state index in [2.05, 4.69) is 48.5 Å². The molecule has 0 rings (SSSR count). The summed E-state index contributed by atoms with van der Waals surface area (Å²) in [5.41, 5.74) is 0. The van der Waals surface area contributed by atoms with Gasteiger partial charge in [0.2, 0.25) is 0 Å². The minimum absolute atomic E-state index is 0. The lowest BCUT2D eigenvalue weighted by atomic mass is 9.91. The van der Waals surface area contributed by atoms with Gasteiger partial charge in [-0.15, -0.1) is 0 Å². The van der Waals surface area contributed by atoms with Crippen molar-refractivity contribution in [2.45, 2.75) is 95.4 Å². The van der Waals surface area contributed by atoms with Gasteiger partial charge >= 0.3 is 0 Å². The lowest BCUT2D eigenvalue weighted by Crippen LogP contribution is -2.03. The van der Waals surface area contributed by atoms with E-state index in [1.54, 1.807) is 0 Å². The van der Waals surface area contributed by atoms with Crippen molar-refractivity contribution in [2.24, 2.45) is 17.8 Å². The predicted octanol–water partition coefficient (Wildman–Crippen LogP) is 7.18. The van der Waals surface area contributed by atoms with Gasteiger partial charge in [0.1, 0.15) is 0 Å². The normalized spacial score (nSPS) is 9.53. The maximum absolute atomic E-state index is 2.36. The standard InChI is InChI=1S/C10H22.C5H12.2CH4/c1-8(2)6-10(5)7-9(3)4;1-3-5-4-2;;/h8-10H,6-7H2,1-5H3;3-5H2,1-2H3;2*1H4. The molecular formula is C17H42. The van der Waals surface area contributed by atoms with Crippen LogP contribution >= 0.6 is 0 Å². The molecule has 17 heavy (non-hydrogen) atoms. The first-order valence-corrected chi connectivity index (χ1v) is 6.93. The van der Waals surface area contributed by atoms with Crippen LogP contribution in [0.25, 0.3) is 0 Å². The highest BCUT2D eigenvalue weighted by atomic mass is 14.1. The first-order chi connectivity index (χ1) is 6.93. The zero-order valence-electron chi connectivity index (χ0n) is 12.3. The van der Waals surface area contributed by atoms with Crippen LogP contribution in [0, 0.1) is 17.8 Å². The third-order valence-corrected chi connectivity index (χ3v) is 2.45. The molecule has 0 nitrogen and oxygen atoms in total. The van der Waals surface area contributed by atoms with Crippen molar-refractivity contribution in [2.75, 3.05) is 0 Å². The lowest BCUT2D eigenvalue weighted by Gasteiger charge is -2.15. The van der Waals surface area contributed by atoms with Crippen LogP contribution in [0.15, 0.2) is 0 Å². The van der Waals surface area contributed by atoms with Crippen molar-refractivity contribution in [1.29, 1.82) is 0 Å². The van der Waals surface area contributed by atoms with E-state index in [-0.39, 0.29) is 14.9 Å². The minimum atomic E-state index is 0. The molecule has 0 aliphatic rings. The maximum Gasteiger partial charge on any atom is -0.0438 e. The molecule has 0 saturated heterocycles. The fourth-order valence-electron chi connectivity index (χ4n) is 2.06. The summed E-state index contributed by atoms with van der Waals surface area (Å²) < 4.78 is 0. The second kappa shape index (κ2) is 18.4. The van der Waals surface area contributed by atoms with E-state index in [9.17, 15) is 0 Å². The van der Waals surface area contributed by atoms with Crippen molar-refractivity contribution in [3.05, 3.63) is 0 Å². The zero-order valence-corrected chi connectivity index (χ0v) is 12.3. The van der Waals surface area contributed by atoms with E-state index in [0.29, 0.717) is 0 Å². The Bertz CT molecular complexity index is 90.6. The molecule has 0 aromatic carbocycles. The molecular weight excluding hydrogens is 204 g/mol. The summed E-state index contributed by atoms with van der Waals surface area (Å²) in [6.07, 6.45) is 6.85. The van der Waals surface area contributed by atoms with Crippen LogP contribution in [0.2, 0.25) is 0 Å². The van der Waals surface area contributed by atoms with Crippen molar-refractivity contribution in [1.82, 2.24) is 0 Å². The highest BCUT2D eigenvalue weighted by Gasteiger charge is 2.06. The van der Waals surface area contributed by atoms with Crippen LogP contribution in [0.4, 0.5) is 0 Å². The van der Waals surface area contributed by atoms with Crippen molar-refractivity contribution in [3.63, 3.8) is 0 Å². The Labute approximate surface area is 114 Å². The van der Waals surface area contributed by atoms with Gasteiger partial charge in [-0.25, -0.2) is 0 Å². The molecule has 0 aromatic rings. The van der Waals surface area contributed by atoms with Crippen molar-refractivity contribution >= 4 is 0 Å². The highest BCUT2D eigenvalue weighted by Crippen LogP contribution is 2.18. The third-order valence-electron chi connectivity index (χ3n) is 2.45. The minimum Gasteiger partial charge on any atom is -0.0776 e. The molecule has 0 aliphatic heterocycles. The molecule has 0 heterocycles. The maximum atomic E-state index is 2.36. The summed E-state index contributed by atoms with van der Waals surface area (Å²) in [4.78, 5) is 0. The Hall–Kier alpha value is 0. The fourth-order valence-corrected chi connectivity index (χ4v) is 2.06. The SMILES string of the molecule is C.C.CC(C)CC(C)CC(C)C.CCCCC. The van der Waals surface area contributed by atoms with E-state index in [1.165, 1.54) is 32.1 Å². The van der Waals surface area contributed by atoms with Crippen molar-refractivity contribution < 1.29 is 0 Å². The topological polar surface area (TPSA) is 0 Å². The second-order valence-electron chi connectivity index (χ2n) is 5.72. The van der Waals surface area contributed by atoms with Crippen LogP contribution in [-0.2, 0) is 0 Å². The Morgan fingerprint density at radius 3 is 1.06 bits per heavy atom. The van der Waals surface area contributed by atoms with Gasteiger partial charge in [0.05, 0.1) is 0 Å². The zero-order chi connectivity index (χ0) is 12.3. The lowest BCUT2D eigenvalue weighted by molar-refractivity contribution is 0.368. The molecule has 0 heteroatoms. The summed E-state index contributed by atoms with van der Waals surface area (Å²) in [6, 6.07) is 0. The van der Waals surface area contributed by atoms with Crippen LogP contribution in [0.3, 0.4) is 0 Å². The van der Waals surface area contributed by atoms with E-state index in [1.807, 2.05) is 0 Å². The molecule has 0 spiro atoms. The van der Waals surface area contributed by atoms with Crippen LogP contribution in [-0.4, -0.2) is 0 Å². The summed E-state index contributed by atoms with van der Waals surface area (Å²) in [7, 11) is 0. The van der Waals surface area contributed by atoms with Gasteiger partial charge in [-0.2, -0.15) is 0 Å². The van der Waals surface area contributed by atoms with Crippen LogP contribution < -0.4 is 0 Å². The van der Waals surface area contributed by atoms with Crippen LogP contribution in [0.1, 0.15) is 95.4 Å². The predicted molar refractivity (Wildman–Crippen MR) is 86.7 cm³/mol. The Morgan fingerprint density at radius 1 is 0.647 bits per heavy atom. The summed E-state index contributed by atoms with van der Waals surface area (Å²) in [6.45, 7) is 16.0. The first kappa shape index (κ1) is 25.8. The summed E-state index contributed by atoms with van der Waals surface area (Å²) >= 11 is 0. The third kappa shape index (κ3) is 31.4. The highest BCUT2D eigenvalue weighted by molar-refractivity contribution is 4.57. The molecule has 0 aromatic heterocycles. The molecule has 0 unspecified atom stereocenters. The molecule has 0 radical (unpaired) electrons. The first-order valence-electron chi connectivity index (χ1n) is 6.93. The van der Waals surface area contributed by atoms with E-state index < -0.39 is 0 Å². The number of unbranched alkanes of at least 4 members (excludes halogenated alkanes) is 2. The molecule has 0 aliphatic carbocycles. The molecule has 0 atom stereocenters. The molecule has 0 saturated carbocycles. The van der Waals surface area contributed by atoms with Crippen LogP contribution in [0.5, 0.6) is 0 Å². The van der Waals surface area contributed by atoms with E-state index in [0.717, 1.165) is 17.8 Å². The Balaban J connectivity index is -0.000000105. The van der Waals surface area contributed by atoms with Gasteiger partial charge < -0.3 is 0 Å². The van der Waals surface area contributed by atoms with Gasteiger partial charge in [0, 0.05) is 0 Å². The molecule has 0 fully saturated rings. The average molecular weight is 247 g/mol. The van der Waals surface area contributed by atoms with Gasteiger partial charge in [0.15, 0.2) is 0 Å². The second-order valence-corrected chi connectivity index (χ2v) is 5.72. The number of hydrogen-bond acceptors (Lipinski definition) is 0. The van der Waals surface area contributed by atoms with Gasteiger partial charge in [-0.3, -0.25) is 0 Å². The fraction of sp³-hybridized carbons (Fsp3) is 1.00. The molecule has 0 N–H and O–H groups in total.